The molecule has 0 atom stereocenters. The summed E-state index contributed by atoms with van der Waals surface area (Å²) in [5.41, 5.74) is 0. The van der Waals surface area contributed by atoms with Gasteiger partial charge in [0, 0.05) is 18.9 Å². The van der Waals surface area contributed by atoms with Crippen LogP contribution < -0.4 is 0 Å². The second kappa shape index (κ2) is 4.50. The van der Waals surface area contributed by atoms with E-state index in [1.54, 1.807) is 0 Å². The Labute approximate surface area is 67.6 Å². The van der Waals surface area contributed by atoms with Gasteiger partial charge in [0.1, 0.15) is 5.78 Å². The van der Waals surface area contributed by atoms with E-state index in [1.807, 2.05) is 0 Å². The molecule has 0 bridgehead atoms. The third-order valence-corrected chi connectivity index (χ3v) is 2.42. The molecule has 64 valence electrons. The van der Waals surface area contributed by atoms with Crippen LogP contribution >= 0.6 is 0 Å². The maximum Gasteiger partial charge on any atom is 0.138 e. The topological polar surface area (TPSA) is 37.3 Å². The monoisotopic (exact) mass is 156 g/mol. The third-order valence-electron chi connectivity index (χ3n) is 2.42. The smallest absolute Gasteiger partial charge is 0.138 e. The van der Waals surface area contributed by atoms with Crippen LogP contribution in [0.15, 0.2) is 0 Å². The minimum atomic E-state index is 0.0231. The molecular formula is C9H16O2. The second-order valence-electron chi connectivity index (χ2n) is 3.27. The van der Waals surface area contributed by atoms with Gasteiger partial charge in [-0.1, -0.05) is 19.3 Å². The third kappa shape index (κ3) is 2.62. The van der Waals surface area contributed by atoms with Crippen molar-refractivity contribution >= 4 is 5.78 Å². The Kier molecular flexibility index (Phi) is 3.57. The molecule has 0 aromatic rings. The number of Topliss-reactive ketones (excluding diaryl/α,β-unsaturated/α-hetero) is 1. The Morgan fingerprint density at radius 1 is 1.27 bits per heavy atom. The van der Waals surface area contributed by atoms with E-state index in [0.717, 1.165) is 12.8 Å². The van der Waals surface area contributed by atoms with E-state index in [1.165, 1.54) is 19.3 Å². The highest BCUT2D eigenvalue weighted by Gasteiger charge is 2.19. The fourth-order valence-electron chi connectivity index (χ4n) is 1.74. The van der Waals surface area contributed by atoms with E-state index in [0.29, 0.717) is 6.42 Å². The molecule has 0 amide bonds. The minimum Gasteiger partial charge on any atom is -0.396 e. The normalized spacial score (nSPS) is 20.1. The molecule has 1 rings (SSSR count). The van der Waals surface area contributed by atoms with Gasteiger partial charge in [-0.05, 0) is 12.8 Å². The second-order valence-corrected chi connectivity index (χ2v) is 3.27. The number of ketones is 1. The molecule has 0 radical (unpaired) electrons. The molecule has 0 saturated heterocycles. The van der Waals surface area contributed by atoms with Crippen molar-refractivity contribution in [2.45, 2.75) is 38.5 Å². The molecule has 2 heteroatoms. The van der Waals surface area contributed by atoms with E-state index < -0.39 is 0 Å². The molecule has 0 unspecified atom stereocenters. The van der Waals surface area contributed by atoms with Crippen molar-refractivity contribution in [3.63, 3.8) is 0 Å². The first-order valence-corrected chi connectivity index (χ1v) is 4.48. The first-order chi connectivity index (χ1) is 5.34. The summed E-state index contributed by atoms with van der Waals surface area (Å²) in [6, 6.07) is 0. The standard InChI is InChI=1S/C9H16O2/c10-7-6-9(11)8-4-2-1-3-5-8/h8,10H,1-7H2. The summed E-state index contributed by atoms with van der Waals surface area (Å²) in [5.74, 6) is 0.545. The van der Waals surface area contributed by atoms with Gasteiger partial charge in [0.15, 0.2) is 0 Å². The molecule has 0 aromatic heterocycles. The highest BCUT2D eigenvalue weighted by atomic mass is 16.3. The number of hydrogen-bond acceptors (Lipinski definition) is 2. The van der Waals surface area contributed by atoms with Crippen LogP contribution in [-0.4, -0.2) is 17.5 Å². The Bertz CT molecular complexity index is 126. The molecule has 1 fully saturated rings. The van der Waals surface area contributed by atoms with E-state index in [2.05, 4.69) is 0 Å². The fraction of sp³-hybridized carbons (Fsp3) is 0.889. The lowest BCUT2D eigenvalue weighted by Gasteiger charge is -2.19. The van der Waals surface area contributed by atoms with E-state index in [9.17, 15) is 4.79 Å². The van der Waals surface area contributed by atoms with Crippen LogP contribution in [0.4, 0.5) is 0 Å². The van der Waals surface area contributed by atoms with E-state index in [-0.39, 0.29) is 18.3 Å². The zero-order valence-corrected chi connectivity index (χ0v) is 6.88. The molecule has 0 aromatic carbocycles. The van der Waals surface area contributed by atoms with Gasteiger partial charge in [-0.3, -0.25) is 4.79 Å². The lowest BCUT2D eigenvalue weighted by molar-refractivity contribution is -0.124. The van der Waals surface area contributed by atoms with Crippen LogP contribution in [0.1, 0.15) is 38.5 Å². The summed E-state index contributed by atoms with van der Waals surface area (Å²) < 4.78 is 0. The maximum absolute atomic E-state index is 11.2. The van der Waals surface area contributed by atoms with Crippen LogP contribution in [0.3, 0.4) is 0 Å². The Balaban J connectivity index is 2.27. The van der Waals surface area contributed by atoms with Crippen molar-refractivity contribution in [2.75, 3.05) is 6.61 Å². The van der Waals surface area contributed by atoms with Crippen molar-refractivity contribution in [3.8, 4) is 0 Å². The average molecular weight is 156 g/mol. The van der Waals surface area contributed by atoms with Gasteiger partial charge >= 0.3 is 0 Å². The average Bonchev–Trinajstić information content (AvgIpc) is 2.07. The fourth-order valence-corrected chi connectivity index (χ4v) is 1.74. The number of carbonyl (C=O) groups is 1. The Hall–Kier alpha value is -0.370. The van der Waals surface area contributed by atoms with Crippen molar-refractivity contribution in [3.05, 3.63) is 0 Å². The molecule has 0 aliphatic heterocycles. The van der Waals surface area contributed by atoms with Gasteiger partial charge in [-0.15, -0.1) is 0 Å². The number of hydrogen-bond donors (Lipinski definition) is 1. The van der Waals surface area contributed by atoms with E-state index in [4.69, 9.17) is 5.11 Å². The molecule has 0 heterocycles. The zero-order valence-electron chi connectivity index (χ0n) is 6.88. The summed E-state index contributed by atoms with van der Waals surface area (Å²) >= 11 is 0. The number of carbonyl (C=O) groups excluding carboxylic acids is 1. The Morgan fingerprint density at radius 3 is 2.45 bits per heavy atom. The van der Waals surface area contributed by atoms with Gasteiger partial charge in [0.05, 0.1) is 0 Å². The predicted molar refractivity (Wildman–Crippen MR) is 43.3 cm³/mol. The highest BCUT2D eigenvalue weighted by molar-refractivity contribution is 5.81. The van der Waals surface area contributed by atoms with Gasteiger partial charge in [0.2, 0.25) is 0 Å². The minimum absolute atomic E-state index is 0.0231. The quantitative estimate of drug-likeness (QED) is 0.672. The summed E-state index contributed by atoms with van der Waals surface area (Å²) in [5, 5.41) is 8.55. The predicted octanol–water partition coefficient (Wildman–Crippen LogP) is 1.52. The molecule has 0 spiro atoms. The first kappa shape index (κ1) is 8.72. The lowest BCUT2D eigenvalue weighted by Crippen LogP contribution is -2.18. The maximum atomic E-state index is 11.2. The van der Waals surface area contributed by atoms with Crippen LogP contribution in [0.25, 0.3) is 0 Å². The van der Waals surface area contributed by atoms with Crippen LogP contribution in [0, 0.1) is 5.92 Å². The molecule has 2 nitrogen and oxygen atoms in total. The van der Waals surface area contributed by atoms with Crippen LogP contribution in [0.2, 0.25) is 0 Å². The van der Waals surface area contributed by atoms with E-state index >= 15 is 0 Å². The van der Waals surface area contributed by atoms with Crippen molar-refractivity contribution in [1.29, 1.82) is 0 Å². The summed E-state index contributed by atoms with van der Waals surface area (Å²) in [7, 11) is 0. The molecule has 1 saturated carbocycles. The van der Waals surface area contributed by atoms with Crippen molar-refractivity contribution < 1.29 is 9.90 Å². The largest absolute Gasteiger partial charge is 0.396 e. The summed E-state index contributed by atoms with van der Waals surface area (Å²) in [4.78, 5) is 11.2. The molecular weight excluding hydrogens is 140 g/mol. The first-order valence-electron chi connectivity index (χ1n) is 4.48. The van der Waals surface area contributed by atoms with Gasteiger partial charge in [0.25, 0.3) is 0 Å². The molecule has 1 aliphatic rings. The number of aliphatic hydroxyl groups is 1. The van der Waals surface area contributed by atoms with Crippen LogP contribution in [-0.2, 0) is 4.79 Å². The molecule has 1 N–H and O–H groups in total. The molecule has 11 heavy (non-hydrogen) atoms. The lowest BCUT2D eigenvalue weighted by atomic mass is 9.85. The summed E-state index contributed by atoms with van der Waals surface area (Å²) in [6.45, 7) is 0.0231. The van der Waals surface area contributed by atoms with Crippen LogP contribution in [0.5, 0.6) is 0 Å². The zero-order chi connectivity index (χ0) is 8.10. The number of rotatable bonds is 3. The molecule has 1 aliphatic carbocycles. The Morgan fingerprint density at radius 2 is 1.91 bits per heavy atom. The van der Waals surface area contributed by atoms with Gasteiger partial charge in [-0.25, -0.2) is 0 Å². The van der Waals surface area contributed by atoms with Gasteiger partial charge in [-0.2, -0.15) is 0 Å². The summed E-state index contributed by atoms with van der Waals surface area (Å²) in [6.07, 6.45) is 6.15. The van der Waals surface area contributed by atoms with Crippen molar-refractivity contribution in [1.82, 2.24) is 0 Å². The van der Waals surface area contributed by atoms with Gasteiger partial charge < -0.3 is 5.11 Å². The van der Waals surface area contributed by atoms with Crippen molar-refractivity contribution in [2.24, 2.45) is 5.92 Å². The SMILES string of the molecule is O=C(CCO)C1CCCCC1. The number of aliphatic hydroxyl groups excluding tert-OH is 1. The highest BCUT2D eigenvalue weighted by Crippen LogP contribution is 2.24.